The molecule has 0 saturated heterocycles. The minimum atomic E-state index is -0.619. The van der Waals surface area contributed by atoms with Crippen molar-refractivity contribution in [2.24, 2.45) is 0 Å². The monoisotopic (exact) mass is 112 g/mol. The Morgan fingerprint density at radius 2 is 2.00 bits per heavy atom. The predicted molar refractivity (Wildman–Crippen MR) is 28.3 cm³/mol. The first-order valence-electron chi connectivity index (χ1n) is 0.964. The summed E-state index contributed by atoms with van der Waals surface area (Å²) in [6.45, 7) is -0.619. The summed E-state index contributed by atoms with van der Waals surface area (Å²) < 4.78 is 14.5. The van der Waals surface area contributed by atoms with Crippen LogP contribution in [0.2, 0.25) is 0 Å². The highest BCUT2D eigenvalue weighted by atomic mass is 28.2. The van der Waals surface area contributed by atoms with Crippen molar-refractivity contribution >= 4 is 21.5 Å². The van der Waals surface area contributed by atoms with E-state index in [2.05, 4.69) is 4.43 Å². The second-order valence-corrected chi connectivity index (χ2v) is 0.975. The lowest BCUT2D eigenvalue weighted by atomic mass is 11.6. The molecule has 0 saturated carbocycles. The summed E-state index contributed by atoms with van der Waals surface area (Å²) in [6.07, 6.45) is 0. The Kier molecular flexibility index (Phi) is 15.9. The molecule has 0 atom stereocenters. The van der Waals surface area contributed by atoms with Crippen LogP contribution in [0, 0.1) is 0 Å². The fourth-order valence-corrected chi connectivity index (χ4v) is 0. The molecule has 0 heterocycles. The van der Waals surface area contributed by atoms with E-state index in [1.165, 1.54) is 0 Å². The minimum absolute atomic E-state index is 0. The second kappa shape index (κ2) is 8.85. The Morgan fingerprint density at radius 3 is 2.00 bits per heavy atom. The molecule has 0 aromatic rings. The molecule has 0 unspecified atom stereocenters. The Labute approximate surface area is 38.1 Å². The number of hydrogen-bond donors (Lipinski definition) is 0. The Hall–Kier alpha value is 0.324. The van der Waals surface area contributed by atoms with Crippen LogP contribution in [0.3, 0.4) is 0 Å². The molecule has 0 aromatic heterocycles. The molecule has 0 aliphatic rings. The molecular formula is CH9FOSi2. The van der Waals surface area contributed by atoms with Crippen LogP contribution >= 0.6 is 0 Å². The van der Waals surface area contributed by atoms with Crippen LogP contribution in [0.5, 0.6) is 0 Å². The van der Waals surface area contributed by atoms with Crippen molar-refractivity contribution in [2.75, 3.05) is 6.86 Å². The highest BCUT2D eigenvalue weighted by Gasteiger charge is 1.55. The smallest absolute Gasteiger partial charge is 0.178 e. The van der Waals surface area contributed by atoms with E-state index in [-0.39, 0.29) is 11.0 Å². The maximum Gasteiger partial charge on any atom is 0.178 e. The van der Waals surface area contributed by atoms with Gasteiger partial charge in [-0.1, -0.05) is 0 Å². The normalized spacial score (nSPS) is 6.60. The van der Waals surface area contributed by atoms with Gasteiger partial charge in [-0.05, 0) is 11.0 Å². The van der Waals surface area contributed by atoms with Gasteiger partial charge in [-0.3, -0.25) is 0 Å². The van der Waals surface area contributed by atoms with Crippen LogP contribution in [-0.4, -0.2) is 28.3 Å². The first-order valence-corrected chi connectivity index (χ1v) is 1.78. The molecule has 1 nitrogen and oxygen atoms in total. The SMILES string of the molecule is FCO[SiH3].[SiH4]. The lowest BCUT2D eigenvalue weighted by molar-refractivity contribution is 0.208. The van der Waals surface area contributed by atoms with Crippen LogP contribution in [-0.2, 0) is 4.43 Å². The van der Waals surface area contributed by atoms with Gasteiger partial charge in [0.25, 0.3) is 0 Å². The minimum Gasteiger partial charge on any atom is -0.402 e. The molecule has 0 aromatic carbocycles. The molecular weight excluding hydrogens is 103 g/mol. The average Bonchev–Trinajstić information content (AvgIpc) is 1.37. The summed E-state index contributed by atoms with van der Waals surface area (Å²) in [5.74, 6) is 0. The number of alkyl halides is 1. The largest absolute Gasteiger partial charge is 0.402 e. The van der Waals surface area contributed by atoms with Gasteiger partial charge in [0, 0.05) is 0 Å². The maximum absolute atomic E-state index is 10.5. The van der Waals surface area contributed by atoms with E-state index in [4.69, 9.17) is 0 Å². The molecule has 5 heavy (non-hydrogen) atoms. The zero-order valence-electron chi connectivity index (χ0n) is 2.49. The van der Waals surface area contributed by atoms with Gasteiger partial charge in [0.15, 0.2) is 6.86 Å². The van der Waals surface area contributed by atoms with Crippen molar-refractivity contribution in [2.45, 2.75) is 0 Å². The van der Waals surface area contributed by atoms with Gasteiger partial charge in [0.1, 0.15) is 10.5 Å². The van der Waals surface area contributed by atoms with Crippen molar-refractivity contribution in [3.05, 3.63) is 0 Å². The van der Waals surface area contributed by atoms with E-state index < -0.39 is 6.86 Å². The lowest BCUT2D eigenvalue weighted by Gasteiger charge is -1.73. The van der Waals surface area contributed by atoms with Crippen molar-refractivity contribution in [1.29, 1.82) is 0 Å². The first-order chi connectivity index (χ1) is 1.91. The predicted octanol–water partition coefficient (Wildman–Crippen LogP) is -2.24. The lowest BCUT2D eigenvalue weighted by Crippen LogP contribution is -1.74. The third kappa shape index (κ3) is 13.3. The highest BCUT2D eigenvalue weighted by Crippen LogP contribution is 1.57. The third-order valence-corrected chi connectivity index (χ3v) is 0.327. The van der Waals surface area contributed by atoms with Gasteiger partial charge >= 0.3 is 0 Å². The number of hydrogen-bond acceptors (Lipinski definition) is 1. The van der Waals surface area contributed by atoms with E-state index in [1.54, 1.807) is 0 Å². The van der Waals surface area contributed by atoms with Crippen LogP contribution in [0.25, 0.3) is 0 Å². The molecule has 0 rings (SSSR count). The zero-order valence-corrected chi connectivity index (χ0v) is 4.49. The molecule has 0 N–H and O–H groups in total. The van der Waals surface area contributed by atoms with Gasteiger partial charge in [-0.2, -0.15) is 0 Å². The van der Waals surface area contributed by atoms with Crippen molar-refractivity contribution in [1.82, 2.24) is 0 Å². The van der Waals surface area contributed by atoms with Gasteiger partial charge in [0.2, 0.25) is 0 Å². The number of rotatable bonds is 1. The van der Waals surface area contributed by atoms with Crippen LogP contribution in [0.1, 0.15) is 0 Å². The van der Waals surface area contributed by atoms with Crippen molar-refractivity contribution in [3.8, 4) is 0 Å². The average molecular weight is 112 g/mol. The van der Waals surface area contributed by atoms with Gasteiger partial charge in [0.05, 0.1) is 0 Å². The standard InChI is InChI=1S/CH5FOSi.H4Si/c2-1-3-4;/h1H2,4H3;1H4. The first kappa shape index (κ1) is 9.01. The highest BCUT2D eigenvalue weighted by molar-refractivity contribution is 5.97. The van der Waals surface area contributed by atoms with E-state index in [0.29, 0.717) is 10.5 Å². The summed E-state index contributed by atoms with van der Waals surface area (Å²) in [5.41, 5.74) is 0. The van der Waals surface area contributed by atoms with Crippen LogP contribution in [0.15, 0.2) is 0 Å². The molecule has 0 bridgehead atoms. The summed E-state index contributed by atoms with van der Waals surface area (Å²) >= 11 is 0. The van der Waals surface area contributed by atoms with E-state index in [0.717, 1.165) is 0 Å². The molecule has 0 aliphatic carbocycles. The van der Waals surface area contributed by atoms with Gasteiger partial charge in [-0.15, -0.1) is 0 Å². The van der Waals surface area contributed by atoms with E-state index >= 15 is 0 Å². The Balaban J connectivity index is 0. The summed E-state index contributed by atoms with van der Waals surface area (Å²) in [4.78, 5) is 0. The van der Waals surface area contributed by atoms with Crippen LogP contribution in [0.4, 0.5) is 4.39 Å². The molecule has 4 heteroatoms. The quantitative estimate of drug-likeness (QED) is 0.349. The van der Waals surface area contributed by atoms with E-state index in [9.17, 15) is 4.39 Å². The van der Waals surface area contributed by atoms with Crippen molar-refractivity contribution < 1.29 is 8.82 Å². The van der Waals surface area contributed by atoms with Gasteiger partial charge in [-0.25, -0.2) is 4.39 Å². The molecule has 34 valence electrons. The topological polar surface area (TPSA) is 9.23 Å². The second-order valence-electron chi connectivity index (χ2n) is 0.398. The summed E-state index contributed by atoms with van der Waals surface area (Å²) in [6, 6.07) is 0. The molecule has 0 amide bonds. The maximum atomic E-state index is 10.5. The van der Waals surface area contributed by atoms with E-state index in [1.807, 2.05) is 0 Å². The molecule has 0 spiro atoms. The van der Waals surface area contributed by atoms with Crippen molar-refractivity contribution in [3.63, 3.8) is 0 Å². The number of halogens is 1. The third-order valence-electron chi connectivity index (χ3n) is 0.109. The molecule has 0 fully saturated rings. The fourth-order valence-electron chi connectivity index (χ4n) is 0. The Bertz CT molecular complexity index is 11.6. The summed E-state index contributed by atoms with van der Waals surface area (Å²) in [7, 11) is 0.515. The fraction of sp³-hybridized carbons (Fsp3) is 1.00. The molecule has 0 radical (unpaired) electrons. The van der Waals surface area contributed by atoms with Crippen LogP contribution < -0.4 is 0 Å². The van der Waals surface area contributed by atoms with Gasteiger partial charge < -0.3 is 4.43 Å². The zero-order chi connectivity index (χ0) is 3.41. The summed E-state index contributed by atoms with van der Waals surface area (Å²) in [5, 5.41) is 0. The molecule has 0 aliphatic heterocycles. The Morgan fingerprint density at radius 1 is 1.80 bits per heavy atom.